The molecule has 8 heteroatoms. The van der Waals surface area contributed by atoms with Gasteiger partial charge in [0, 0.05) is 29.5 Å². The highest BCUT2D eigenvalue weighted by molar-refractivity contribution is 6.31. The Bertz CT molecular complexity index is 892. The van der Waals surface area contributed by atoms with E-state index in [1.165, 1.54) is 0 Å². The number of Topliss-reactive ketones (excluding diaryl/α,β-unsaturated/α-hetero) is 1. The van der Waals surface area contributed by atoms with Crippen molar-refractivity contribution in [3.8, 4) is 0 Å². The lowest BCUT2D eigenvalue weighted by Gasteiger charge is -2.16. The molecule has 0 radical (unpaired) electrons. The predicted molar refractivity (Wildman–Crippen MR) is 124 cm³/mol. The molecule has 0 bridgehead atoms. The first-order valence-corrected chi connectivity index (χ1v) is 11.0. The Hall–Kier alpha value is -2.90. The Kier molecular flexibility index (Phi) is 10.7. The lowest BCUT2D eigenvalue weighted by molar-refractivity contribution is -0.128. The van der Waals surface area contributed by atoms with Crippen LogP contribution >= 0.6 is 11.6 Å². The predicted octanol–water partition coefficient (Wildman–Crippen LogP) is 3.37. The summed E-state index contributed by atoms with van der Waals surface area (Å²) in [5, 5.41) is 3.20. The maximum atomic E-state index is 12.4. The van der Waals surface area contributed by atoms with E-state index in [2.05, 4.69) is 5.32 Å². The average molecular weight is 460 g/mol. The number of unbranched alkanes of at least 4 members (excludes halogenated alkanes) is 1. The summed E-state index contributed by atoms with van der Waals surface area (Å²) in [6.45, 7) is 0.495. The number of carbonyl (C=O) groups is 3. The van der Waals surface area contributed by atoms with Gasteiger partial charge in [-0.3, -0.25) is 9.59 Å². The van der Waals surface area contributed by atoms with Crippen molar-refractivity contribution in [1.82, 2.24) is 5.32 Å². The third-order valence-corrected chi connectivity index (χ3v) is 5.49. The van der Waals surface area contributed by atoms with Crippen molar-refractivity contribution >= 4 is 29.4 Å². The number of nitrogens with two attached hydrogens (primary N) is 2. The summed E-state index contributed by atoms with van der Waals surface area (Å²) in [5.41, 5.74) is 13.2. The van der Waals surface area contributed by atoms with E-state index in [1.807, 2.05) is 36.4 Å². The maximum Gasteiger partial charge on any atom is 0.407 e. The van der Waals surface area contributed by atoms with Gasteiger partial charge in [-0.15, -0.1) is 0 Å². The quantitative estimate of drug-likeness (QED) is 0.396. The van der Waals surface area contributed by atoms with Crippen molar-refractivity contribution in [3.05, 3.63) is 70.7 Å². The van der Waals surface area contributed by atoms with E-state index >= 15 is 0 Å². The van der Waals surface area contributed by atoms with Gasteiger partial charge in [-0.1, -0.05) is 60.1 Å². The summed E-state index contributed by atoms with van der Waals surface area (Å²) in [5.74, 6) is -1.27. The van der Waals surface area contributed by atoms with Crippen molar-refractivity contribution < 1.29 is 19.1 Å². The van der Waals surface area contributed by atoms with Gasteiger partial charge < -0.3 is 21.5 Å². The van der Waals surface area contributed by atoms with Gasteiger partial charge in [-0.25, -0.2) is 4.79 Å². The Morgan fingerprint density at radius 3 is 2.38 bits per heavy atom. The standard InChI is InChI=1S/C24H30ClN3O4/c25-20-11-5-4-10-18(20)16-32-24(31)28-13-7-6-12-21(26)22(29)15-19(23(27)30)14-17-8-2-1-3-9-17/h1-5,8-11,19,21H,6-7,12-16,26H2,(H2,27,30)(H,28,31)/t19-,21+/m1/s1. The lowest BCUT2D eigenvalue weighted by Crippen LogP contribution is -2.35. The van der Waals surface area contributed by atoms with Gasteiger partial charge in [0.25, 0.3) is 0 Å². The van der Waals surface area contributed by atoms with Crippen LogP contribution < -0.4 is 16.8 Å². The van der Waals surface area contributed by atoms with E-state index in [-0.39, 0.29) is 18.8 Å². The van der Waals surface area contributed by atoms with Gasteiger partial charge in [0.1, 0.15) is 12.4 Å². The van der Waals surface area contributed by atoms with Crippen LogP contribution in [0.2, 0.25) is 5.02 Å². The molecule has 0 aliphatic heterocycles. The number of benzene rings is 2. The Labute approximate surface area is 193 Å². The van der Waals surface area contributed by atoms with E-state index in [0.29, 0.717) is 37.3 Å². The van der Waals surface area contributed by atoms with Crippen LogP contribution in [0, 0.1) is 5.92 Å². The summed E-state index contributed by atoms with van der Waals surface area (Å²) < 4.78 is 5.13. The molecule has 0 heterocycles. The molecule has 0 saturated heterocycles. The number of ether oxygens (including phenoxy) is 1. The number of halogens is 1. The van der Waals surface area contributed by atoms with Crippen LogP contribution in [0.5, 0.6) is 0 Å². The number of primary amides is 1. The zero-order chi connectivity index (χ0) is 23.3. The first-order chi connectivity index (χ1) is 15.4. The molecule has 32 heavy (non-hydrogen) atoms. The summed E-state index contributed by atoms with van der Waals surface area (Å²) in [7, 11) is 0. The molecule has 2 atom stereocenters. The van der Waals surface area contributed by atoms with Crippen LogP contribution in [0.4, 0.5) is 4.79 Å². The Balaban J connectivity index is 1.63. The van der Waals surface area contributed by atoms with Gasteiger partial charge in [0.2, 0.25) is 5.91 Å². The molecule has 0 aliphatic rings. The fourth-order valence-electron chi connectivity index (χ4n) is 3.22. The van der Waals surface area contributed by atoms with Crippen molar-refractivity contribution in [2.45, 2.75) is 44.8 Å². The van der Waals surface area contributed by atoms with Crippen molar-refractivity contribution in [2.75, 3.05) is 6.54 Å². The smallest absolute Gasteiger partial charge is 0.407 e. The molecule has 0 fully saturated rings. The molecule has 0 spiro atoms. The second-order valence-corrected chi connectivity index (χ2v) is 8.06. The number of hydrogen-bond donors (Lipinski definition) is 3. The Morgan fingerprint density at radius 1 is 1.00 bits per heavy atom. The number of hydrogen-bond acceptors (Lipinski definition) is 5. The molecule has 5 N–H and O–H groups in total. The number of ketones is 1. The third-order valence-electron chi connectivity index (χ3n) is 5.12. The van der Waals surface area contributed by atoms with Gasteiger partial charge in [-0.05, 0) is 37.3 Å². The molecule has 2 aromatic rings. The molecule has 0 aromatic heterocycles. The van der Waals surface area contributed by atoms with E-state index in [1.54, 1.807) is 18.2 Å². The molecule has 0 saturated carbocycles. The van der Waals surface area contributed by atoms with Gasteiger partial charge in [-0.2, -0.15) is 0 Å². The third kappa shape index (κ3) is 9.08. The molecule has 2 rings (SSSR count). The average Bonchev–Trinajstić information content (AvgIpc) is 2.78. The summed E-state index contributed by atoms with van der Waals surface area (Å²) in [4.78, 5) is 36.0. The van der Waals surface area contributed by atoms with Gasteiger partial charge in [0.05, 0.1) is 6.04 Å². The van der Waals surface area contributed by atoms with Gasteiger partial charge in [0.15, 0.2) is 0 Å². The number of amides is 2. The minimum atomic E-state index is -0.667. The first kappa shape index (κ1) is 25.4. The number of carbonyl (C=O) groups excluding carboxylic acids is 3. The first-order valence-electron chi connectivity index (χ1n) is 10.6. The van der Waals surface area contributed by atoms with Crippen LogP contribution in [0.15, 0.2) is 54.6 Å². The van der Waals surface area contributed by atoms with Crippen LogP contribution in [-0.2, 0) is 27.4 Å². The minimum Gasteiger partial charge on any atom is -0.445 e. The highest BCUT2D eigenvalue weighted by Crippen LogP contribution is 2.16. The lowest BCUT2D eigenvalue weighted by atomic mass is 9.90. The van der Waals surface area contributed by atoms with E-state index in [0.717, 1.165) is 11.1 Å². The number of nitrogens with one attached hydrogen (secondary N) is 1. The molecule has 0 aliphatic carbocycles. The fraction of sp³-hybridized carbons (Fsp3) is 0.375. The highest BCUT2D eigenvalue weighted by atomic mass is 35.5. The fourth-order valence-corrected chi connectivity index (χ4v) is 3.41. The molecule has 2 aromatic carbocycles. The number of alkyl carbamates (subject to hydrolysis) is 1. The SMILES string of the molecule is NC(=O)[C@@H](CC(=O)[C@@H](N)CCCCNC(=O)OCc1ccccc1Cl)Cc1ccccc1. The zero-order valence-electron chi connectivity index (χ0n) is 18.0. The molecular formula is C24H30ClN3O4. The molecule has 7 nitrogen and oxygen atoms in total. The number of rotatable bonds is 13. The monoisotopic (exact) mass is 459 g/mol. The van der Waals surface area contributed by atoms with Crippen molar-refractivity contribution in [2.24, 2.45) is 17.4 Å². The van der Waals surface area contributed by atoms with E-state index in [9.17, 15) is 14.4 Å². The highest BCUT2D eigenvalue weighted by Gasteiger charge is 2.23. The van der Waals surface area contributed by atoms with Crippen molar-refractivity contribution in [1.29, 1.82) is 0 Å². The summed E-state index contributed by atoms with van der Waals surface area (Å²) in [6, 6.07) is 15.9. The molecule has 0 unspecified atom stereocenters. The summed E-state index contributed by atoms with van der Waals surface area (Å²) >= 11 is 6.02. The molecular weight excluding hydrogens is 430 g/mol. The van der Waals surface area contributed by atoms with E-state index < -0.39 is 24.0 Å². The van der Waals surface area contributed by atoms with E-state index in [4.69, 9.17) is 27.8 Å². The molecule has 2 amide bonds. The second-order valence-electron chi connectivity index (χ2n) is 7.66. The van der Waals surface area contributed by atoms with Crippen LogP contribution in [0.25, 0.3) is 0 Å². The van der Waals surface area contributed by atoms with Crippen LogP contribution in [0.3, 0.4) is 0 Å². The van der Waals surface area contributed by atoms with Crippen molar-refractivity contribution in [3.63, 3.8) is 0 Å². The summed E-state index contributed by atoms with van der Waals surface area (Å²) in [6.07, 6.45) is 1.66. The normalized spacial score (nSPS) is 12.6. The van der Waals surface area contributed by atoms with Gasteiger partial charge >= 0.3 is 6.09 Å². The largest absolute Gasteiger partial charge is 0.445 e. The Morgan fingerprint density at radius 2 is 1.69 bits per heavy atom. The minimum absolute atomic E-state index is 0.0258. The topological polar surface area (TPSA) is 125 Å². The maximum absolute atomic E-state index is 12.4. The zero-order valence-corrected chi connectivity index (χ0v) is 18.7. The van der Waals surface area contributed by atoms with Crippen LogP contribution in [0.1, 0.15) is 36.8 Å². The second kappa shape index (κ2) is 13.5. The molecule has 172 valence electrons. The van der Waals surface area contributed by atoms with Crippen LogP contribution in [-0.4, -0.2) is 30.4 Å².